The molecule has 0 amide bonds. The maximum absolute atomic E-state index is 5.36. The van der Waals surface area contributed by atoms with Crippen LogP contribution in [0.3, 0.4) is 0 Å². The van der Waals surface area contributed by atoms with Crippen LogP contribution in [0, 0.1) is 0 Å². The monoisotopic (exact) mass is 387 g/mol. The van der Waals surface area contributed by atoms with Crippen LogP contribution in [-0.4, -0.2) is 47.0 Å². The normalized spacial score (nSPS) is 11.3. The van der Waals surface area contributed by atoms with Gasteiger partial charge in [-0.25, -0.2) is 4.99 Å². The first-order chi connectivity index (χ1) is 11.2. The summed E-state index contributed by atoms with van der Waals surface area (Å²) in [6, 6.07) is 3.92. The van der Waals surface area contributed by atoms with Gasteiger partial charge in [0.1, 0.15) is 0 Å². The molecule has 0 radical (unpaired) electrons. The van der Waals surface area contributed by atoms with E-state index < -0.39 is 0 Å². The van der Waals surface area contributed by atoms with Crippen LogP contribution in [-0.2, 0) is 11.3 Å². The number of ether oxygens (including phenoxy) is 3. The summed E-state index contributed by atoms with van der Waals surface area (Å²) in [6.07, 6.45) is 0.933. The van der Waals surface area contributed by atoms with Gasteiger partial charge in [-0.3, -0.25) is 0 Å². The fourth-order valence-electron chi connectivity index (χ4n) is 2.00. The Morgan fingerprint density at radius 3 is 2.57 bits per heavy atom. The van der Waals surface area contributed by atoms with Gasteiger partial charge in [0.2, 0.25) is 0 Å². The van der Waals surface area contributed by atoms with Gasteiger partial charge in [0.15, 0.2) is 17.5 Å². The van der Waals surface area contributed by atoms with Gasteiger partial charge in [0.25, 0.3) is 0 Å². The van der Waals surface area contributed by atoms with Gasteiger partial charge >= 0.3 is 0 Å². The Bertz CT molecular complexity index is 510. The lowest BCUT2D eigenvalue weighted by atomic mass is 10.2. The first-order valence-corrected chi connectivity index (χ1v) is 8.37. The molecule has 0 aliphatic heterocycles. The Balaban J connectivity index is 2.76. The van der Waals surface area contributed by atoms with Crippen molar-refractivity contribution in [1.29, 1.82) is 0 Å². The molecule has 2 N–H and O–H groups in total. The average molecular weight is 388 g/mol. The van der Waals surface area contributed by atoms with Crippen molar-refractivity contribution < 1.29 is 14.2 Å². The Hall–Kier alpha value is -1.47. The SMILES string of the molecule is CCNC(=NCc1cc(Br)c(OC)c(OC)c1)NCCCOC. The maximum atomic E-state index is 5.36. The van der Waals surface area contributed by atoms with E-state index in [0.29, 0.717) is 18.0 Å². The highest BCUT2D eigenvalue weighted by atomic mass is 79.9. The molecule has 23 heavy (non-hydrogen) atoms. The number of guanidine groups is 1. The number of nitrogens with one attached hydrogen (secondary N) is 2. The van der Waals surface area contributed by atoms with Crippen LogP contribution in [0.4, 0.5) is 0 Å². The third-order valence-corrected chi connectivity index (χ3v) is 3.66. The summed E-state index contributed by atoms with van der Waals surface area (Å²) in [7, 11) is 4.95. The van der Waals surface area contributed by atoms with Crippen LogP contribution in [0.2, 0.25) is 0 Å². The average Bonchev–Trinajstić information content (AvgIpc) is 2.55. The molecule has 6 nitrogen and oxygen atoms in total. The highest BCUT2D eigenvalue weighted by molar-refractivity contribution is 9.10. The molecule has 1 rings (SSSR count). The molecule has 0 aliphatic carbocycles. The van der Waals surface area contributed by atoms with E-state index in [-0.39, 0.29) is 0 Å². The molecule has 7 heteroatoms. The third-order valence-electron chi connectivity index (χ3n) is 3.08. The molecular weight excluding hydrogens is 362 g/mol. The van der Waals surface area contributed by atoms with Crippen molar-refractivity contribution in [2.24, 2.45) is 4.99 Å². The first kappa shape index (κ1) is 19.6. The Kier molecular flexibility index (Phi) is 9.47. The van der Waals surface area contributed by atoms with Crippen molar-refractivity contribution in [3.8, 4) is 11.5 Å². The van der Waals surface area contributed by atoms with E-state index in [2.05, 4.69) is 31.6 Å². The summed E-state index contributed by atoms with van der Waals surface area (Å²) in [5.41, 5.74) is 1.03. The van der Waals surface area contributed by atoms with Gasteiger partial charge in [0, 0.05) is 26.8 Å². The first-order valence-electron chi connectivity index (χ1n) is 7.57. The predicted octanol–water partition coefficient (Wildman–Crippen LogP) is 2.56. The molecule has 1 aromatic carbocycles. The molecule has 0 aliphatic rings. The lowest BCUT2D eigenvalue weighted by Crippen LogP contribution is -2.38. The van der Waals surface area contributed by atoms with Crippen molar-refractivity contribution in [3.05, 3.63) is 22.2 Å². The maximum Gasteiger partial charge on any atom is 0.191 e. The molecule has 0 bridgehead atoms. The molecule has 0 spiro atoms. The predicted molar refractivity (Wildman–Crippen MR) is 96.6 cm³/mol. The summed E-state index contributed by atoms with van der Waals surface area (Å²) < 4.78 is 16.6. The van der Waals surface area contributed by atoms with E-state index in [0.717, 1.165) is 42.1 Å². The van der Waals surface area contributed by atoms with Gasteiger partial charge < -0.3 is 24.8 Å². The van der Waals surface area contributed by atoms with Gasteiger partial charge in [-0.05, 0) is 47.0 Å². The summed E-state index contributed by atoms with van der Waals surface area (Å²) >= 11 is 3.50. The Morgan fingerprint density at radius 1 is 1.17 bits per heavy atom. The molecule has 0 saturated carbocycles. The van der Waals surface area contributed by atoms with E-state index in [4.69, 9.17) is 14.2 Å². The van der Waals surface area contributed by atoms with Crippen LogP contribution >= 0.6 is 15.9 Å². The standard InChI is InChI=1S/C16H26BrN3O3/c1-5-18-16(19-7-6-8-21-2)20-11-12-9-13(17)15(23-4)14(10-12)22-3/h9-10H,5-8,11H2,1-4H3,(H2,18,19,20). The molecule has 130 valence electrons. The number of aliphatic imine (C=N–C) groups is 1. The van der Waals surface area contributed by atoms with E-state index >= 15 is 0 Å². The van der Waals surface area contributed by atoms with E-state index in [1.807, 2.05) is 19.1 Å². The van der Waals surface area contributed by atoms with E-state index in [1.165, 1.54) is 0 Å². The minimum Gasteiger partial charge on any atom is -0.493 e. The Morgan fingerprint density at radius 2 is 1.96 bits per heavy atom. The van der Waals surface area contributed by atoms with Gasteiger partial charge in [-0.2, -0.15) is 0 Å². The number of halogens is 1. The molecule has 0 aromatic heterocycles. The zero-order chi connectivity index (χ0) is 17.1. The van der Waals surface area contributed by atoms with Gasteiger partial charge in [-0.15, -0.1) is 0 Å². The molecular formula is C16H26BrN3O3. The number of benzene rings is 1. The van der Waals surface area contributed by atoms with Crippen LogP contribution in [0.15, 0.2) is 21.6 Å². The molecule has 0 atom stereocenters. The fraction of sp³-hybridized carbons (Fsp3) is 0.562. The number of nitrogens with zero attached hydrogens (tertiary/aromatic N) is 1. The third kappa shape index (κ3) is 6.66. The largest absolute Gasteiger partial charge is 0.493 e. The number of methoxy groups -OCH3 is 3. The second-order valence-electron chi connectivity index (χ2n) is 4.78. The van der Waals surface area contributed by atoms with E-state index in [9.17, 15) is 0 Å². The lowest BCUT2D eigenvalue weighted by Gasteiger charge is -2.13. The van der Waals surface area contributed by atoms with E-state index in [1.54, 1.807) is 21.3 Å². The number of rotatable bonds is 9. The van der Waals surface area contributed by atoms with Crippen molar-refractivity contribution >= 4 is 21.9 Å². The van der Waals surface area contributed by atoms with Gasteiger partial charge in [0.05, 0.1) is 25.2 Å². The molecule has 0 fully saturated rings. The van der Waals surface area contributed by atoms with Crippen molar-refractivity contribution in [3.63, 3.8) is 0 Å². The number of hydrogen-bond acceptors (Lipinski definition) is 4. The summed E-state index contributed by atoms with van der Waals surface area (Å²) in [6.45, 7) is 4.94. The highest BCUT2D eigenvalue weighted by Gasteiger charge is 2.10. The summed E-state index contributed by atoms with van der Waals surface area (Å²) in [5, 5.41) is 6.51. The van der Waals surface area contributed by atoms with Crippen LogP contribution in [0.5, 0.6) is 11.5 Å². The minimum atomic E-state index is 0.540. The number of hydrogen-bond donors (Lipinski definition) is 2. The Labute approximate surface area is 146 Å². The molecule has 0 heterocycles. The molecule has 0 unspecified atom stereocenters. The van der Waals surface area contributed by atoms with Crippen LogP contribution in [0.1, 0.15) is 18.9 Å². The summed E-state index contributed by atoms with van der Waals surface area (Å²) in [4.78, 5) is 4.59. The zero-order valence-electron chi connectivity index (χ0n) is 14.2. The van der Waals surface area contributed by atoms with Crippen molar-refractivity contribution in [2.75, 3.05) is 41.0 Å². The second kappa shape index (κ2) is 11.1. The zero-order valence-corrected chi connectivity index (χ0v) is 15.8. The fourth-order valence-corrected chi connectivity index (χ4v) is 2.65. The molecule has 0 saturated heterocycles. The van der Waals surface area contributed by atoms with Crippen LogP contribution in [0.25, 0.3) is 0 Å². The smallest absolute Gasteiger partial charge is 0.191 e. The highest BCUT2D eigenvalue weighted by Crippen LogP contribution is 2.36. The quantitative estimate of drug-likeness (QED) is 0.387. The second-order valence-corrected chi connectivity index (χ2v) is 5.64. The van der Waals surface area contributed by atoms with Crippen molar-refractivity contribution in [2.45, 2.75) is 19.9 Å². The van der Waals surface area contributed by atoms with Crippen LogP contribution < -0.4 is 20.1 Å². The van der Waals surface area contributed by atoms with Crippen molar-refractivity contribution in [1.82, 2.24) is 10.6 Å². The minimum absolute atomic E-state index is 0.540. The topological polar surface area (TPSA) is 64.1 Å². The van der Waals surface area contributed by atoms with Gasteiger partial charge in [-0.1, -0.05) is 0 Å². The summed E-state index contributed by atoms with van der Waals surface area (Å²) in [5.74, 6) is 2.16. The molecule has 1 aromatic rings. The lowest BCUT2D eigenvalue weighted by molar-refractivity contribution is 0.195.